The molecule has 0 bridgehead atoms. The molecule has 3 atom stereocenters. The number of carboxylic acid groups (broad SMARTS) is 1. The second-order valence-corrected chi connectivity index (χ2v) is 7.74. The van der Waals surface area contributed by atoms with Crippen molar-refractivity contribution in [3.8, 4) is 17.1 Å². The Morgan fingerprint density at radius 1 is 1.24 bits per heavy atom. The minimum Gasteiger partial charge on any atom is -0.497 e. The molecule has 2 fully saturated rings. The Labute approximate surface area is 168 Å². The van der Waals surface area contributed by atoms with Crippen LogP contribution in [0.5, 0.6) is 5.75 Å². The van der Waals surface area contributed by atoms with Gasteiger partial charge in [0.05, 0.1) is 7.11 Å². The van der Waals surface area contributed by atoms with E-state index in [9.17, 15) is 14.7 Å². The molecule has 0 radical (unpaired) electrons. The first-order valence-corrected chi connectivity index (χ1v) is 10.1. The summed E-state index contributed by atoms with van der Waals surface area (Å²) in [6, 6.07) is 6.64. The van der Waals surface area contributed by atoms with Crippen LogP contribution in [0, 0.1) is 5.92 Å². The van der Waals surface area contributed by atoms with Gasteiger partial charge in [0.15, 0.2) is 0 Å². The lowest BCUT2D eigenvalue weighted by molar-refractivity contribution is -0.149. The van der Waals surface area contributed by atoms with Crippen LogP contribution in [0.4, 0.5) is 0 Å². The van der Waals surface area contributed by atoms with Crippen molar-refractivity contribution >= 4 is 11.9 Å². The SMILES string of the molecule is COc1ccc(-c2noc(CCC(=O)N3[C@@H]4CCCC[C@@H]4C[C@H]3C(=O)O)n2)cc1. The number of fused-ring (bicyclic) bond motifs is 1. The lowest BCUT2D eigenvalue weighted by Crippen LogP contribution is -2.46. The number of amides is 1. The Bertz CT molecular complexity index is 879. The summed E-state index contributed by atoms with van der Waals surface area (Å²) in [6.45, 7) is 0. The Morgan fingerprint density at radius 3 is 2.72 bits per heavy atom. The lowest BCUT2D eigenvalue weighted by Gasteiger charge is -2.33. The summed E-state index contributed by atoms with van der Waals surface area (Å²) in [5, 5.41) is 13.6. The van der Waals surface area contributed by atoms with Crippen molar-refractivity contribution in [1.82, 2.24) is 15.0 Å². The van der Waals surface area contributed by atoms with Gasteiger partial charge in [-0.15, -0.1) is 0 Å². The van der Waals surface area contributed by atoms with Gasteiger partial charge in [-0.25, -0.2) is 4.79 Å². The Hall–Kier alpha value is -2.90. The number of methoxy groups -OCH3 is 1. The van der Waals surface area contributed by atoms with Crippen molar-refractivity contribution in [2.75, 3.05) is 7.11 Å². The fraction of sp³-hybridized carbons (Fsp3) is 0.524. The van der Waals surface area contributed by atoms with Crippen LogP contribution in [-0.4, -0.2) is 51.2 Å². The number of carbonyl (C=O) groups excluding carboxylic acids is 1. The fourth-order valence-electron chi connectivity index (χ4n) is 4.60. The molecule has 1 aromatic carbocycles. The van der Waals surface area contributed by atoms with E-state index in [1.165, 1.54) is 0 Å². The first kappa shape index (κ1) is 19.4. The van der Waals surface area contributed by atoms with E-state index in [2.05, 4.69) is 10.1 Å². The maximum Gasteiger partial charge on any atom is 0.326 e. The van der Waals surface area contributed by atoms with E-state index in [4.69, 9.17) is 9.26 Å². The number of hydrogen-bond donors (Lipinski definition) is 1. The van der Waals surface area contributed by atoms with E-state index < -0.39 is 12.0 Å². The summed E-state index contributed by atoms with van der Waals surface area (Å²) < 4.78 is 10.4. The number of aryl methyl sites for hydroxylation is 1. The van der Waals surface area contributed by atoms with Gasteiger partial charge in [-0.2, -0.15) is 4.98 Å². The molecule has 8 nitrogen and oxygen atoms in total. The van der Waals surface area contributed by atoms with Gasteiger partial charge in [-0.05, 0) is 49.4 Å². The summed E-state index contributed by atoms with van der Waals surface area (Å²) >= 11 is 0. The number of carboxylic acids is 1. The molecule has 1 aromatic heterocycles. The number of benzene rings is 1. The number of aromatic nitrogens is 2. The third kappa shape index (κ3) is 3.97. The number of ether oxygens (including phenoxy) is 1. The number of aliphatic carboxylic acids is 1. The van der Waals surface area contributed by atoms with Gasteiger partial charge in [0.2, 0.25) is 17.6 Å². The summed E-state index contributed by atoms with van der Waals surface area (Å²) in [5.41, 5.74) is 0.794. The Morgan fingerprint density at radius 2 is 2.00 bits per heavy atom. The smallest absolute Gasteiger partial charge is 0.326 e. The number of rotatable bonds is 6. The van der Waals surface area contributed by atoms with Crippen molar-refractivity contribution < 1.29 is 24.0 Å². The molecular formula is C21H25N3O5. The topological polar surface area (TPSA) is 106 Å². The molecular weight excluding hydrogens is 374 g/mol. The first-order chi connectivity index (χ1) is 14.1. The second-order valence-electron chi connectivity index (χ2n) is 7.74. The van der Waals surface area contributed by atoms with Crippen LogP contribution >= 0.6 is 0 Å². The average Bonchev–Trinajstić information content (AvgIpc) is 3.37. The molecule has 2 heterocycles. The largest absolute Gasteiger partial charge is 0.497 e. The fourth-order valence-corrected chi connectivity index (χ4v) is 4.60. The van der Waals surface area contributed by atoms with Crippen LogP contribution in [0.15, 0.2) is 28.8 Å². The zero-order valence-corrected chi connectivity index (χ0v) is 16.4. The molecule has 0 unspecified atom stereocenters. The highest BCUT2D eigenvalue weighted by molar-refractivity contribution is 5.85. The summed E-state index contributed by atoms with van der Waals surface area (Å²) in [7, 11) is 1.60. The molecule has 2 aromatic rings. The van der Waals surface area contributed by atoms with Crippen LogP contribution in [0.2, 0.25) is 0 Å². The van der Waals surface area contributed by atoms with Gasteiger partial charge in [-0.3, -0.25) is 4.79 Å². The summed E-state index contributed by atoms with van der Waals surface area (Å²) in [5.74, 6) is 0.812. The summed E-state index contributed by atoms with van der Waals surface area (Å²) in [4.78, 5) is 30.6. The van der Waals surface area contributed by atoms with E-state index in [1.54, 1.807) is 12.0 Å². The molecule has 2 aliphatic rings. The number of carbonyl (C=O) groups is 2. The molecule has 1 N–H and O–H groups in total. The predicted octanol–water partition coefficient (Wildman–Crippen LogP) is 2.92. The standard InChI is InChI=1S/C21H25N3O5/c1-28-15-8-6-13(7-9-15)20-22-18(29-23-20)10-11-19(25)24-16-5-3-2-4-14(16)12-17(24)21(26)27/h6-9,14,16-17H,2-5,10-12H2,1H3,(H,26,27)/t14-,16-,17+/m1/s1. The van der Waals surface area contributed by atoms with Crippen molar-refractivity contribution in [3.05, 3.63) is 30.2 Å². The molecule has 1 amide bonds. The highest BCUT2D eigenvalue weighted by atomic mass is 16.5. The van der Waals surface area contributed by atoms with Crippen LogP contribution in [0.1, 0.15) is 44.4 Å². The maximum absolute atomic E-state index is 12.9. The van der Waals surface area contributed by atoms with Crippen molar-refractivity contribution in [2.24, 2.45) is 5.92 Å². The van der Waals surface area contributed by atoms with Gasteiger partial charge < -0.3 is 19.3 Å². The van der Waals surface area contributed by atoms with E-state index >= 15 is 0 Å². The molecule has 1 saturated heterocycles. The van der Waals surface area contributed by atoms with Crippen LogP contribution < -0.4 is 4.74 Å². The van der Waals surface area contributed by atoms with Crippen molar-refractivity contribution in [1.29, 1.82) is 0 Å². The van der Waals surface area contributed by atoms with Gasteiger partial charge >= 0.3 is 5.97 Å². The van der Waals surface area contributed by atoms with Gasteiger partial charge in [-0.1, -0.05) is 18.0 Å². The van der Waals surface area contributed by atoms with E-state index in [0.29, 0.717) is 30.5 Å². The van der Waals surface area contributed by atoms with Crippen LogP contribution in [0.3, 0.4) is 0 Å². The minimum atomic E-state index is -0.910. The van der Waals surface area contributed by atoms with Crippen LogP contribution in [-0.2, 0) is 16.0 Å². The molecule has 29 heavy (non-hydrogen) atoms. The first-order valence-electron chi connectivity index (χ1n) is 10.1. The molecule has 154 valence electrons. The van der Waals surface area contributed by atoms with Crippen molar-refractivity contribution in [3.63, 3.8) is 0 Å². The molecule has 1 aliphatic heterocycles. The number of likely N-dealkylation sites (tertiary alicyclic amines) is 1. The van der Waals surface area contributed by atoms with E-state index in [1.807, 2.05) is 24.3 Å². The molecule has 8 heteroatoms. The number of hydrogen-bond acceptors (Lipinski definition) is 6. The van der Waals surface area contributed by atoms with Gasteiger partial charge in [0, 0.05) is 24.4 Å². The zero-order valence-electron chi connectivity index (χ0n) is 16.4. The second kappa shape index (κ2) is 8.23. The average molecular weight is 399 g/mol. The van der Waals surface area contributed by atoms with Crippen LogP contribution in [0.25, 0.3) is 11.4 Å². The Balaban J connectivity index is 1.41. The lowest BCUT2D eigenvalue weighted by atomic mass is 9.84. The molecule has 1 aliphatic carbocycles. The van der Waals surface area contributed by atoms with Crippen molar-refractivity contribution in [2.45, 2.75) is 57.0 Å². The van der Waals surface area contributed by atoms with E-state index in [0.717, 1.165) is 37.0 Å². The van der Waals surface area contributed by atoms with Gasteiger partial charge in [0.25, 0.3) is 0 Å². The zero-order chi connectivity index (χ0) is 20.4. The predicted molar refractivity (Wildman–Crippen MR) is 103 cm³/mol. The van der Waals surface area contributed by atoms with Gasteiger partial charge in [0.1, 0.15) is 11.8 Å². The maximum atomic E-state index is 12.9. The Kier molecular flexibility index (Phi) is 5.51. The van der Waals surface area contributed by atoms with E-state index in [-0.39, 0.29) is 18.4 Å². The number of nitrogens with zero attached hydrogens (tertiary/aromatic N) is 3. The highest BCUT2D eigenvalue weighted by Crippen LogP contribution is 2.40. The minimum absolute atomic E-state index is 0.0508. The highest BCUT2D eigenvalue weighted by Gasteiger charge is 2.47. The third-order valence-electron chi connectivity index (χ3n) is 6.03. The molecule has 1 saturated carbocycles. The third-order valence-corrected chi connectivity index (χ3v) is 6.03. The molecule has 0 spiro atoms. The normalized spacial score (nSPS) is 23.6. The monoisotopic (exact) mass is 399 g/mol. The quantitative estimate of drug-likeness (QED) is 0.796. The summed E-state index contributed by atoms with van der Waals surface area (Å²) in [6.07, 6.45) is 5.08. The molecule has 4 rings (SSSR count).